The Labute approximate surface area is 198 Å². The first kappa shape index (κ1) is 26.2. The van der Waals surface area contributed by atoms with Gasteiger partial charge in [0.2, 0.25) is 5.91 Å². The number of hydrogen-bond donors (Lipinski definition) is 1. The molecule has 2 atom stereocenters. The van der Waals surface area contributed by atoms with Crippen molar-refractivity contribution in [2.24, 2.45) is 0 Å². The third kappa shape index (κ3) is 7.24. The van der Waals surface area contributed by atoms with Crippen molar-refractivity contribution in [1.29, 1.82) is 0 Å². The number of carbonyl (C=O) groups is 2. The molecule has 2 aromatic carbocycles. The first-order chi connectivity index (χ1) is 15.7. The number of hydrogen-bond acceptors (Lipinski definition) is 4. The van der Waals surface area contributed by atoms with Crippen molar-refractivity contribution in [3.63, 3.8) is 0 Å². The minimum absolute atomic E-state index is 0.0366. The average Bonchev–Trinajstić information content (AvgIpc) is 2.79. The van der Waals surface area contributed by atoms with Crippen molar-refractivity contribution in [2.45, 2.75) is 73.0 Å². The molecule has 0 aliphatic heterocycles. The predicted molar refractivity (Wildman–Crippen MR) is 132 cm³/mol. The van der Waals surface area contributed by atoms with E-state index in [1.54, 1.807) is 12.0 Å². The zero-order valence-corrected chi connectivity index (χ0v) is 21.0. The van der Waals surface area contributed by atoms with Crippen molar-refractivity contribution >= 4 is 11.8 Å². The topological polar surface area (TPSA) is 67.9 Å². The van der Waals surface area contributed by atoms with E-state index in [9.17, 15) is 9.59 Å². The molecule has 0 aromatic heterocycles. The van der Waals surface area contributed by atoms with E-state index < -0.39 is 6.04 Å². The fourth-order valence-electron chi connectivity index (χ4n) is 3.70. The maximum Gasteiger partial charge on any atom is 0.261 e. The molecule has 0 saturated carbocycles. The van der Waals surface area contributed by atoms with Crippen LogP contribution in [0.1, 0.15) is 55.9 Å². The molecule has 0 spiro atoms. The van der Waals surface area contributed by atoms with Gasteiger partial charge in [0.05, 0.1) is 7.11 Å². The summed E-state index contributed by atoms with van der Waals surface area (Å²) >= 11 is 0. The van der Waals surface area contributed by atoms with E-state index >= 15 is 0 Å². The SMILES string of the molecule is CC[C@H](C(=O)N[C@@H](C)CC)N(Cc1cccc(OC)c1)C(=O)COc1cc(C)cc(C)c1C. The second-order valence-electron chi connectivity index (χ2n) is 8.61. The lowest BCUT2D eigenvalue weighted by Gasteiger charge is -2.31. The summed E-state index contributed by atoms with van der Waals surface area (Å²) < 4.78 is 11.3. The number of methoxy groups -OCH3 is 1. The third-order valence-corrected chi connectivity index (χ3v) is 5.99. The van der Waals surface area contributed by atoms with Crippen LogP contribution < -0.4 is 14.8 Å². The zero-order valence-electron chi connectivity index (χ0n) is 21.0. The van der Waals surface area contributed by atoms with E-state index in [2.05, 4.69) is 11.4 Å². The average molecular weight is 455 g/mol. The van der Waals surface area contributed by atoms with E-state index in [0.29, 0.717) is 17.9 Å². The number of nitrogens with zero attached hydrogens (tertiary/aromatic N) is 1. The molecule has 0 saturated heterocycles. The fraction of sp³-hybridized carbons (Fsp3) is 0.481. The number of rotatable bonds is 11. The van der Waals surface area contributed by atoms with Gasteiger partial charge < -0.3 is 19.7 Å². The number of amides is 2. The van der Waals surface area contributed by atoms with Gasteiger partial charge in [0.1, 0.15) is 17.5 Å². The molecule has 33 heavy (non-hydrogen) atoms. The third-order valence-electron chi connectivity index (χ3n) is 5.99. The molecule has 2 amide bonds. The molecule has 6 heteroatoms. The van der Waals surface area contributed by atoms with Crippen molar-refractivity contribution in [1.82, 2.24) is 10.2 Å². The second kappa shape index (κ2) is 12.3. The van der Waals surface area contributed by atoms with Crippen LogP contribution in [0.5, 0.6) is 11.5 Å². The van der Waals surface area contributed by atoms with E-state index in [0.717, 1.165) is 28.7 Å². The normalized spacial score (nSPS) is 12.6. The molecule has 0 radical (unpaired) electrons. The highest BCUT2D eigenvalue weighted by Gasteiger charge is 2.29. The molecule has 1 N–H and O–H groups in total. The van der Waals surface area contributed by atoms with Crippen molar-refractivity contribution < 1.29 is 19.1 Å². The number of nitrogens with one attached hydrogen (secondary N) is 1. The van der Waals surface area contributed by atoms with Gasteiger partial charge >= 0.3 is 0 Å². The van der Waals surface area contributed by atoms with Crippen molar-refractivity contribution in [3.05, 3.63) is 58.7 Å². The first-order valence-electron chi connectivity index (χ1n) is 11.6. The Balaban J connectivity index is 2.29. The maximum atomic E-state index is 13.4. The van der Waals surface area contributed by atoms with Gasteiger partial charge in [-0.25, -0.2) is 0 Å². The van der Waals surface area contributed by atoms with Crippen LogP contribution in [0.15, 0.2) is 36.4 Å². The molecule has 2 aromatic rings. The van der Waals surface area contributed by atoms with Crippen molar-refractivity contribution in [2.75, 3.05) is 13.7 Å². The summed E-state index contributed by atoms with van der Waals surface area (Å²) in [5.41, 5.74) is 4.09. The van der Waals surface area contributed by atoms with Gasteiger partial charge in [-0.05, 0) is 81.0 Å². The maximum absolute atomic E-state index is 13.4. The van der Waals surface area contributed by atoms with Crippen LogP contribution in [0.4, 0.5) is 0 Å². The smallest absolute Gasteiger partial charge is 0.261 e. The summed E-state index contributed by atoms with van der Waals surface area (Å²) in [4.78, 5) is 28.1. The predicted octanol–water partition coefficient (Wildman–Crippen LogP) is 4.72. The van der Waals surface area contributed by atoms with Crippen LogP contribution in [0, 0.1) is 20.8 Å². The molecule has 2 rings (SSSR count). The summed E-state index contributed by atoms with van der Waals surface area (Å²) in [7, 11) is 1.61. The summed E-state index contributed by atoms with van der Waals surface area (Å²) in [6.45, 7) is 12.1. The van der Waals surface area contributed by atoms with Gasteiger partial charge in [-0.2, -0.15) is 0 Å². The number of aryl methyl sites for hydroxylation is 2. The van der Waals surface area contributed by atoms with Crippen LogP contribution in [0.2, 0.25) is 0 Å². The quantitative estimate of drug-likeness (QED) is 0.533. The molecule has 180 valence electrons. The van der Waals surface area contributed by atoms with Crippen LogP contribution in [-0.2, 0) is 16.1 Å². The molecule has 0 aliphatic carbocycles. The minimum atomic E-state index is -0.596. The molecule has 6 nitrogen and oxygen atoms in total. The summed E-state index contributed by atoms with van der Waals surface area (Å²) in [5.74, 6) is 1.02. The van der Waals surface area contributed by atoms with Gasteiger partial charge in [-0.3, -0.25) is 9.59 Å². The Morgan fingerprint density at radius 1 is 1.06 bits per heavy atom. The lowest BCUT2D eigenvalue weighted by Crippen LogP contribution is -2.51. The Bertz CT molecular complexity index is 957. The Kier molecular flexibility index (Phi) is 9.76. The van der Waals surface area contributed by atoms with E-state index in [1.807, 2.05) is 71.9 Å². The van der Waals surface area contributed by atoms with Gasteiger partial charge in [-0.15, -0.1) is 0 Å². The number of benzene rings is 2. The first-order valence-corrected chi connectivity index (χ1v) is 11.6. The standard InChI is InChI=1S/C27H38N2O4/c1-8-20(5)28-27(31)24(9-2)29(16-22-11-10-12-23(15-22)32-7)26(30)17-33-25-14-18(3)13-19(4)21(25)6/h10-15,20,24H,8-9,16-17H2,1-7H3,(H,28,31)/t20-,24+/m0/s1. The lowest BCUT2D eigenvalue weighted by atomic mass is 10.1. The van der Waals surface area contributed by atoms with E-state index in [-0.39, 0.29) is 31.0 Å². The number of carbonyl (C=O) groups excluding carboxylic acids is 2. The monoisotopic (exact) mass is 454 g/mol. The van der Waals surface area contributed by atoms with Gasteiger partial charge in [-0.1, -0.05) is 32.0 Å². The molecule has 0 heterocycles. The molecule has 0 fully saturated rings. The van der Waals surface area contributed by atoms with Crippen LogP contribution in [0.3, 0.4) is 0 Å². The molecule has 0 bridgehead atoms. The Morgan fingerprint density at radius 3 is 2.42 bits per heavy atom. The van der Waals surface area contributed by atoms with Gasteiger partial charge in [0.15, 0.2) is 6.61 Å². The van der Waals surface area contributed by atoms with Crippen molar-refractivity contribution in [3.8, 4) is 11.5 Å². The van der Waals surface area contributed by atoms with E-state index in [4.69, 9.17) is 9.47 Å². The summed E-state index contributed by atoms with van der Waals surface area (Å²) in [5, 5.41) is 3.02. The lowest BCUT2D eigenvalue weighted by molar-refractivity contribution is -0.143. The fourth-order valence-corrected chi connectivity index (χ4v) is 3.70. The Morgan fingerprint density at radius 2 is 1.79 bits per heavy atom. The molecular weight excluding hydrogens is 416 g/mol. The summed E-state index contributed by atoms with van der Waals surface area (Å²) in [6, 6.07) is 11.0. The van der Waals surface area contributed by atoms with E-state index in [1.165, 1.54) is 0 Å². The molecule has 0 aliphatic rings. The highest BCUT2D eigenvalue weighted by atomic mass is 16.5. The van der Waals surface area contributed by atoms with Crippen LogP contribution in [-0.4, -0.2) is 42.5 Å². The van der Waals surface area contributed by atoms with Crippen LogP contribution >= 0.6 is 0 Å². The molecular formula is C27H38N2O4. The zero-order chi connectivity index (χ0) is 24.5. The summed E-state index contributed by atoms with van der Waals surface area (Å²) in [6.07, 6.45) is 1.32. The Hall–Kier alpha value is -3.02. The van der Waals surface area contributed by atoms with Crippen LogP contribution in [0.25, 0.3) is 0 Å². The number of ether oxygens (including phenoxy) is 2. The van der Waals surface area contributed by atoms with Gasteiger partial charge in [0, 0.05) is 12.6 Å². The second-order valence-corrected chi connectivity index (χ2v) is 8.61. The molecule has 0 unspecified atom stereocenters. The largest absolute Gasteiger partial charge is 0.497 e. The highest BCUT2D eigenvalue weighted by molar-refractivity contribution is 5.88. The van der Waals surface area contributed by atoms with Gasteiger partial charge in [0.25, 0.3) is 5.91 Å². The highest BCUT2D eigenvalue weighted by Crippen LogP contribution is 2.24. The minimum Gasteiger partial charge on any atom is -0.497 e.